The molecule has 1 aliphatic heterocycles. The van der Waals surface area contributed by atoms with Gasteiger partial charge < -0.3 is 19.7 Å². The molecular formula is C14H16O5. The largest absolute Gasteiger partial charge is 0.454 e. The highest BCUT2D eigenvalue weighted by atomic mass is 16.6. The Labute approximate surface area is 111 Å². The van der Waals surface area contributed by atoms with Gasteiger partial charge in [0.1, 0.15) is 12.2 Å². The molecule has 0 unspecified atom stereocenters. The highest BCUT2D eigenvalue weighted by molar-refractivity contribution is 5.82. The summed E-state index contributed by atoms with van der Waals surface area (Å²) in [5.41, 5.74) is 0.982. The Morgan fingerprint density at radius 2 is 1.95 bits per heavy atom. The first-order valence-electron chi connectivity index (χ1n) is 6.03. The molecule has 0 radical (unpaired) electrons. The van der Waals surface area contributed by atoms with Crippen molar-refractivity contribution in [1.82, 2.24) is 0 Å². The van der Waals surface area contributed by atoms with Gasteiger partial charge >= 0.3 is 5.97 Å². The van der Waals surface area contributed by atoms with E-state index in [9.17, 15) is 15.0 Å². The van der Waals surface area contributed by atoms with Crippen LogP contribution in [0.25, 0.3) is 0 Å². The van der Waals surface area contributed by atoms with Gasteiger partial charge in [0.05, 0.1) is 13.2 Å². The van der Waals surface area contributed by atoms with Gasteiger partial charge in [-0.25, -0.2) is 4.79 Å². The highest BCUT2D eigenvalue weighted by Gasteiger charge is 2.30. The fourth-order valence-corrected chi connectivity index (χ4v) is 1.77. The summed E-state index contributed by atoms with van der Waals surface area (Å²) in [7, 11) is 0. The molecule has 0 amide bonds. The molecule has 102 valence electrons. The predicted octanol–water partition coefficient (Wildman–Crippen LogP) is 0.407. The maximum atomic E-state index is 11.2. The van der Waals surface area contributed by atoms with Crippen molar-refractivity contribution in [2.24, 2.45) is 0 Å². The van der Waals surface area contributed by atoms with Crippen molar-refractivity contribution in [2.75, 3.05) is 6.61 Å². The first-order valence-corrected chi connectivity index (χ1v) is 6.03. The normalized spacial score (nSPS) is 26.8. The maximum Gasteiger partial charge on any atom is 0.330 e. The summed E-state index contributed by atoms with van der Waals surface area (Å²) in [6.07, 6.45) is -0.869. The van der Waals surface area contributed by atoms with Crippen LogP contribution in [0.3, 0.4) is 0 Å². The van der Waals surface area contributed by atoms with Crippen molar-refractivity contribution in [3.8, 4) is 0 Å². The van der Waals surface area contributed by atoms with Gasteiger partial charge in [-0.3, -0.25) is 0 Å². The van der Waals surface area contributed by atoms with Gasteiger partial charge in [0, 0.05) is 6.08 Å². The van der Waals surface area contributed by atoms with E-state index < -0.39 is 24.3 Å². The zero-order chi connectivity index (χ0) is 13.7. The van der Waals surface area contributed by atoms with Gasteiger partial charge in [0.15, 0.2) is 6.10 Å². The molecule has 0 fully saturated rings. The minimum atomic E-state index is -1.18. The number of esters is 1. The van der Waals surface area contributed by atoms with E-state index in [0.29, 0.717) is 6.61 Å². The molecule has 2 rings (SSSR count). The minimum absolute atomic E-state index is 0.0283. The van der Waals surface area contributed by atoms with Crippen LogP contribution < -0.4 is 0 Å². The van der Waals surface area contributed by atoms with Crippen molar-refractivity contribution >= 4 is 5.97 Å². The number of carbonyl (C=O) groups is 1. The standard InChI is InChI=1S/C14H16O5/c15-11-6-7-13(16)19-12(14(11)17)9-18-8-10-4-2-1-3-5-10/h1-7,11-12,14-15,17H,8-9H2/t11-,12+,14-/m0/s1. The van der Waals surface area contributed by atoms with E-state index in [1.807, 2.05) is 30.3 Å². The van der Waals surface area contributed by atoms with E-state index in [-0.39, 0.29) is 6.61 Å². The first-order chi connectivity index (χ1) is 9.16. The van der Waals surface area contributed by atoms with Gasteiger partial charge in [0.2, 0.25) is 0 Å². The average molecular weight is 264 g/mol. The Morgan fingerprint density at radius 1 is 1.21 bits per heavy atom. The van der Waals surface area contributed by atoms with E-state index in [2.05, 4.69) is 0 Å². The SMILES string of the molecule is O=C1C=C[C@H](O)[C@H](O)[C@@H](COCc2ccccc2)O1. The summed E-state index contributed by atoms with van der Waals surface area (Å²) in [5, 5.41) is 19.3. The molecule has 0 spiro atoms. The molecule has 2 N–H and O–H groups in total. The molecule has 19 heavy (non-hydrogen) atoms. The molecule has 0 bridgehead atoms. The van der Waals surface area contributed by atoms with Gasteiger partial charge in [-0.05, 0) is 11.6 Å². The second-order valence-electron chi connectivity index (χ2n) is 4.32. The van der Waals surface area contributed by atoms with E-state index in [4.69, 9.17) is 9.47 Å². The summed E-state index contributed by atoms with van der Waals surface area (Å²) >= 11 is 0. The van der Waals surface area contributed by atoms with Crippen molar-refractivity contribution in [3.63, 3.8) is 0 Å². The third kappa shape index (κ3) is 3.89. The molecular weight excluding hydrogens is 248 g/mol. The zero-order valence-corrected chi connectivity index (χ0v) is 10.3. The Kier molecular flexibility index (Phi) is 4.68. The summed E-state index contributed by atoms with van der Waals surface area (Å²) in [4.78, 5) is 11.2. The number of rotatable bonds is 4. The lowest BCUT2D eigenvalue weighted by Crippen LogP contribution is -2.40. The topological polar surface area (TPSA) is 76.0 Å². The first kappa shape index (κ1) is 13.7. The number of ether oxygens (including phenoxy) is 2. The zero-order valence-electron chi connectivity index (χ0n) is 10.3. The molecule has 0 saturated heterocycles. The number of aliphatic hydroxyl groups excluding tert-OH is 2. The van der Waals surface area contributed by atoms with Crippen molar-refractivity contribution in [3.05, 3.63) is 48.0 Å². The van der Waals surface area contributed by atoms with Crippen LogP contribution in [0.2, 0.25) is 0 Å². The third-order valence-corrected chi connectivity index (χ3v) is 2.82. The van der Waals surface area contributed by atoms with Crippen LogP contribution in [0.4, 0.5) is 0 Å². The van der Waals surface area contributed by atoms with E-state index >= 15 is 0 Å². The molecule has 0 aromatic heterocycles. The fraction of sp³-hybridized carbons (Fsp3) is 0.357. The smallest absolute Gasteiger partial charge is 0.330 e. The van der Waals surface area contributed by atoms with Gasteiger partial charge in [-0.2, -0.15) is 0 Å². The molecule has 5 nitrogen and oxygen atoms in total. The monoisotopic (exact) mass is 264 g/mol. The van der Waals surface area contributed by atoms with Crippen LogP contribution in [0.15, 0.2) is 42.5 Å². The predicted molar refractivity (Wildman–Crippen MR) is 67.1 cm³/mol. The lowest BCUT2D eigenvalue weighted by molar-refractivity contribution is -0.156. The van der Waals surface area contributed by atoms with Gasteiger partial charge in [-0.15, -0.1) is 0 Å². The van der Waals surface area contributed by atoms with Crippen LogP contribution in [0.1, 0.15) is 5.56 Å². The van der Waals surface area contributed by atoms with Crippen molar-refractivity contribution in [1.29, 1.82) is 0 Å². The summed E-state index contributed by atoms with van der Waals surface area (Å²) < 4.78 is 10.4. The fourth-order valence-electron chi connectivity index (χ4n) is 1.77. The molecule has 0 saturated carbocycles. The van der Waals surface area contributed by atoms with Gasteiger partial charge in [0.25, 0.3) is 0 Å². The van der Waals surface area contributed by atoms with Crippen LogP contribution in [0, 0.1) is 0 Å². The molecule has 1 aromatic rings. The maximum absolute atomic E-state index is 11.2. The summed E-state index contributed by atoms with van der Waals surface area (Å²) in [5.74, 6) is -0.594. The Bertz CT molecular complexity index is 442. The van der Waals surface area contributed by atoms with E-state index in [1.165, 1.54) is 6.08 Å². The van der Waals surface area contributed by atoms with Crippen molar-refractivity contribution < 1.29 is 24.5 Å². The molecule has 1 heterocycles. The number of carbonyl (C=O) groups excluding carboxylic acids is 1. The number of hydrogen-bond acceptors (Lipinski definition) is 5. The average Bonchev–Trinajstić information content (AvgIpc) is 2.54. The highest BCUT2D eigenvalue weighted by Crippen LogP contribution is 2.12. The van der Waals surface area contributed by atoms with Gasteiger partial charge in [-0.1, -0.05) is 30.3 Å². The summed E-state index contributed by atoms with van der Waals surface area (Å²) in [6, 6.07) is 9.51. The van der Waals surface area contributed by atoms with Crippen LogP contribution in [-0.2, 0) is 20.9 Å². The van der Waals surface area contributed by atoms with Crippen molar-refractivity contribution in [2.45, 2.75) is 24.9 Å². The quantitative estimate of drug-likeness (QED) is 0.770. The Balaban J connectivity index is 1.86. The molecule has 5 heteroatoms. The molecule has 3 atom stereocenters. The number of hydrogen-bond donors (Lipinski definition) is 2. The lowest BCUT2D eigenvalue weighted by Gasteiger charge is -2.22. The Hall–Kier alpha value is -1.69. The third-order valence-electron chi connectivity index (χ3n) is 2.82. The Morgan fingerprint density at radius 3 is 2.68 bits per heavy atom. The van der Waals surface area contributed by atoms with E-state index in [1.54, 1.807) is 0 Å². The second-order valence-corrected chi connectivity index (χ2v) is 4.32. The molecule has 0 aliphatic carbocycles. The second kappa shape index (κ2) is 6.47. The summed E-state index contributed by atoms with van der Waals surface area (Å²) in [6.45, 7) is 0.381. The minimum Gasteiger partial charge on any atom is -0.454 e. The van der Waals surface area contributed by atoms with Crippen LogP contribution >= 0.6 is 0 Å². The molecule has 1 aromatic carbocycles. The number of benzene rings is 1. The number of cyclic esters (lactones) is 1. The molecule has 1 aliphatic rings. The number of aliphatic hydroxyl groups is 2. The van der Waals surface area contributed by atoms with Crippen LogP contribution in [0.5, 0.6) is 0 Å². The van der Waals surface area contributed by atoms with Crippen LogP contribution in [-0.4, -0.2) is 41.1 Å². The lowest BCUT2D eigenvalue weighted by atomic mass is 10.1. The van der Waals surface area contributed by atoms with E-state index in [0.717, 1.165) is 11.6 Å².